The van der Waals surface area contributed by atoms with Crippen molar-refractivity contribution in [3.8, 4) is 22.6 Å². The van der Waals surface area contributed by atoms with Crippen molar-refractivity contribution in [2.45, 2.75) is 52.7 Å². The second-order valence-electron chi connectivity index (χ2n) is 10.5. The van der Waals surface area contributed by atoms with Gasteiger partial charge in [0, 0.05) is 42.0 Å². The van der Waals surface area contributed by atoms with E-state index >= 15 is 0 Å². The molecule has 0 saturated heterocycles. The van der Waals surface area contributed by atoms with Crippen LogP contribution in [0.1, 0.15) is 65.2 Å². The number of aromatic carboxylic acids is 1. The van der Waals surface area contributed by atoms with Gasteiger partial charge in [-0.2, -0.15) is 0 Å². The molecular weight excluding hydrogens is 534 g/mol. The van der Waals surface area contributed by atoms with Gasteiger partial charge in [-0.25, -0.2) is 9.78 Å². The molecule has 0 saturated carbocycles. The van der Waals surface area contributed by atoms with Gasteiger partial charge in [0.2, 0.25) is 0 Å². The molecule has 216 valence electrons. The largest absolute Gasteiger partial charge is 0.493 e. The Morgan fingerprint density at radius 2 is 1.80 bits per heavy atom. The van der Waals surface area contributed by atoms with Gasteiger partial charge in [0.15, 0.2) is 11.5 Å². The van der Waals surface area contributed by atoms with Crippen LogP contribution >= 0.6 is 11.3 Å². The van der Waals surface area contributed by atoms with Gasteiger partial charge in [-0.15, -0.1) is 11.3 Å². The lowest BCUT2D eigenvalue weighted by molar-refractivity contribution is 0.0695. The third kappa shape index (κ3) is 5.69. The number of benzene rings is 2. The molecule has 1 aliphatic heterocycles. The smallest absolute Gasteiger partial charge is 0.338 e. The summed E-state index contributed by atoms with van der Waals surface area (Å²) < 4.78 is 11.2. The summed E-state index contributed by atoms with van der Waals surface area (Å²) in [6.07, 6.45) is 0.957. The first-order chi connectivity index (χ1) is 19.9. The highest BCUT2D eigenvalue weighted by molar-refractivity contribution is 7.19. The fourth-order valence-corrected chi connectivity index (χ4v) is 7.37. The molecule has 3 heterocycles. The van der Waals surface area contributed by atoms with Crippen LogP contribution in [0.5, 0.6) is 11.5 Å². The number of thiophene rings is 1. The van der Waals surface area contributed by atoms with Crippen molar-refractivity contribution in [1.29, 1.82) is 0 Å². The third-order valence-electron chi connectivity index (χ3n) is 8.18. The highest BCUT2D eigenvalue weighted by Gasteiger charge is 2.33. The Morgan fingerprint density at radius 3 is 2.44 bits per heavy atom. The van der Waals surface area contributed by atoms with Crippen LogP contribution in [0.4, 0.5) is 0 Å². The van der Waals surface area contributed by atoms with Crippen LogP contribution in [-0.4, -0.2) is 59.7 Å². The minimum Gasteiger partial charge on any atom is -0.493 e. The first-order valence-corrected chi connectivity index (χ1v) is 15.2. The molecule has 0 spiro atoms. The summed E-state index contributed by atoms with van der Waals surface area (Å²) in [4.78, 5) is 25.1. The summed E-state index contributed by atoms with van der Waals surface area (Å²) in [5.41, 5.74) is 4.97. The Kier molecular flexibility index (Phi) is 8.92. The third-order valence-corrected chi connectivity index (χ3v) is 9.26. The number of ether oxygens (including phenoxy) is 2. The number of carboxylic acid groups (broad SMARTS) is 1. The minimum atomic E-state index is -0.958. The maximum absolute atomic E-state index is 13.1. The molecule has 0 fully saturated rings. The molecule has 5 rings (SSSR count). The number of carboxylic acids is 1. The summed E-state index contributed by atoms with van der Waals surface area (Å²) in [7, 11) is 3.21. The van der Waals surface area contributed by atoms with Crippen LogP contribution in [0.2, 0.25) is 0 Å². The molecule has 0 bridgehead atoms. The summed E-state index contributed by atoms with van der Waals surface area (Å²) in [6, 6.07) is 16.3. The van der Waals surface area contributed by atoms with Crippen molar-refractivity contribution in [2.24, 2.45) is 0 Å². The van der Waals surface area contributed by atoms with E-state index in [4.69, 9.17) is 14.5 Å². The number of nitrogens with zero attached hydrogens (tertiary/aromatic N) is 3. The molecule has 1 unspecified atom stereocenters. The number of fused-ring (bicyclic) bond motifs is 3. The number of pyridine rings is 1. The maximum atomic E-state index is 13.1. The Hall–Kier alpha value is -3.46. The van der Waals surface area contributed by atoms with Gasteiger partial charge < -0.3 is 14.6 Å². The van der Waals surface area contributed by atoms with Crippen molar-refractivity contribution in [3.05, 3.63) is 75.8 Å². The van der Waals surface area contributed by atoms with Gasteiger partial charge in [-0.3, -0.25) is 9.80 Å². The Balaban J connectivity index is 1.75. The van der Waals surface area contributed by atoms with E-state index < -0.39 is 5.97 Å². The summed E-state index contributed by atoms with van der Waals surface area (Å²) in [5, 5.41) is 11.7. The molecule has 1 N–H and O–H groups in total. The average Bonchev–Trinajstić information content (AvgIpc) is 3.36. The lowest BCUT2D eigenvalue weighted by Crippen LogP contribution is -2.32. The number of rotatable bonds is 11. The molecular formula is C33H39N3O4S. The highest BCUT2D eigenvalue weighted by atomic mass is 32.1. The van der Waals surface area contributed by atoms with Crippen molar-refractivity contribution < 1.29 is 19.4 Å². The van der Waals surface area contributed by atoms with E-state index in [-0.39, 0.29) is 11.5 Å². The first-order valence-electron chi connectivity index (χ1n) is 14.3. The second kappa shape index (κ2) is 12.6. The van der Waals surface area contributed by atoms with Crippen molar-refractivity contribution in [2.75, 3.05) is 33.9 Å². The van der Waals surface area contributed by atoms with E-state index in [1.54, 1.807) is 25.6 Å². The van der Waals surface area contributed by atoms with Gasteiger partial charge in [-0.05, 0) is 54.3 Å². The molecule has 41 heavy (non-hydrogen) atoms. The van der Waals surface area contributed by atoms with Crippen LogP contribution in [0.15, 0.2) is 48.5 Å². The first kappa shape index (κ1) is 29.0. The van der Waals surface area contributed by atoms with Crippen LogP contribution < -0.4 is 9.47 Å². The maximum Gasteiger partial charge on any atom is 0.338 e. The molecule has 0 radical (unpaired) electrons. The van der Waals surface area contributed by atoms with Gasteiger partial charge in [0.1, 0.15) is 4.83 Å². The SMILES string of the molecule is CCC1CN(Cc2ccccc2)Cc2sc3nc(CN(CC)CC)c(C(=O)O)c(-c4ccc(OC)c(OC)c4)c3c21. The van der Waals surface area contributed by atoms with Crippen LogP contribution in [0, 0.1) is 0 Å². The molecule has 2 aromatic heterocycles. The number of methoxy groups -OCH3 is 2. The van der Waals surface area contributed by atoms with E-state index in [0.717, 1.165) is 60.5 Å². The minimum absolute atomic E-state index is 0.271. The number of aromatic nitrogens is 1. The van der Waals surface area contributed by atoms with Crippen molar-refractivity contribution in [3.63, 3.8) is 0 Å². The fourth-order valence-electron chi connectivity index (χ4n) is 6.04. The monoisotopic (exact) mass is 573 g/mol. The average molecular weight is 574 g/mol. The second-order valence-corrected chi connectivity index (χ2v) is 11.6. The van der Waals surface area contributed by atoms with Gasteiger partial charge >= 0.3 is 5.97 Å². The molecule has 0 aliphatic carbocycles. The van der Waals surface area contributed by atoms with Gasteiger partial charge in [0.25, 0.3) is 0 Å². The molecule has 1 aliphatic rings. The molecule has 4 aromatic rings. The van der Waals surface area contributed by atoms with Gasteiger partial charge in [-0.1, -0.05) is 57.2 Å². The van der Waals surface area contributed by atoms with Crippen LogP contribution in [-0.2, 0) is 19.6 Å². The van der Waals surface area contributed by atoms with Crippen molar-refractivity contribution in [1.82, 2.24) is 14.8 Å². The highest BCUT2D eigenvalue weighted by Crippen LogP contribution is 2.48. The van der Waals surface area contributed by atoms with Crippen molar-refractivity contribution >= 4 is 27.5 Å². The predicted octanol–water partition coefficient (Wildman–Crippen LogP) is 7.03. The standard InChI is InChI=1S/C33H39N3O4S/c1-6-22-18-36(17-21-12-10-9-11-13-21)20-27-28(22)31-29(23-14-15-25(39-4)26(16-23)40-5)30(33(37)38)24(34-32(31)41-27)19-35(7-2)8-3/h9-16,22H,6-8,17-20H2,1-5H3,(H,37,38). The van der Waals surface area contributed by atoms with E-state index in [1.807, 2.05) is 18.2 Å². The number of carbonyl (C=O) groups is 1. The van der Waals surface area contributed by atoms with E-state index in [0.29, 0.717) is 23.7 Å². The zero-order chi connectivity index (χ0) is 29.1. The van der Waals surface area contributed by atoms with Gasteiger partial charge in [0.05, 0.1) is 25.5 Å². The van der Waals surface area contributed by atoms with Crippen LogP contribution in [0.3, 0.4) is 0 Å². The number of hydrogen-bond donors (Lipinski definition) is 1. The normalized spacial score (nSPS) is 15.3. The molecule has 0 amide bonds. The summed E-state index contributed by atoms with van der Waals surface area (Å²) in [5.74, 6) is 0.493. The molecule has 7 nitrogen and oxygen atoms in total. The van der Waals surface area contributed by atoms with E-state index in [1.165, 1.54) is 16.0 Å². The quantitative estimate of drug-likeness (QED) is 0.206. The Morgan fingerprint density at radius 1 is 1.07 bits per heavy atom. The van der Waals surface area contributed by atoms with E-state index in [2.05, 4.69) is 60.9 Å². The van der Waals surface area contributed by atoms with E-state index in [9.17, 15) is 9.90 Å². The van der Waals surface area contributed by atoms with Crippen LogP contribution in [0.25, 0.3) is 21.3 Å². The lowest BCUT2D eigenvalue weighted by atomic mass is 9.85. The molecule has 2 aromatic carbocycles. The Labute approximate surface area is 246 Å². The predicted molar refractivity (Wildman–Crippen MR) is 165 cm³/mol. The summed E-state index contributed by atoms with van der Waals surface area (Å²) >= 11 is 1.72. The molecule has 1 atom stereocenters. The topological polar surface area (TPSA) is 75.1 Å². The zero-order valence-electron chi connectivity index (χ0n) is 24.6. The fraction of sp³-hybridized carbons (Fsp3) is 0.394. The zero-order valence-corrected chi connectivity index (χ0v) is 25.4. The summed E-state index contributed by atoms with van der Waals surface area (Å²) in [6.45, 7) is 11.1. The Bertz CT molecular complexity index is 1530. The number of hydrogen-bond acceptors (Lipinski definition) is 7. The molecule has 8 heteroatoms. The lowest BCUT2D eigenvalue weighted by Gasteiger charge is -2.33.